The molecule has 1 aromatic heterocycles. The van der Waals surface area contributed by atoms with Gasteiger partial charge in [-0.2, -0.15) is 0 Å². The summed E-state index contributed by atoms with van der Waals surface area (Å²) in [5.41, 5.74) is 1.64. The zero-order chi connectivity index (χ0) is 13.5. The first-order valence-electron chi connectivity index (χ1n) is 5.85. The van der Waals surface area contributed by atoms with Gasteiger partial charge in [0.2, 0.25) is 5.88 Å². The van der Waals surface area contributed by atoms with E-state index in [1.54, 1.807) is 19.1 Å². The predicted octanol–water partition coefficient (Wildman–Crippen LogP) is 2.61. The van der Waals surface area contributed by atoms with Gasteiger partial charge in [-0.3, -0.25) is 0 Å². The molecule has 0 saturated carbocycles. The van der Waals surface area contributed by atoms with Crippen LogP contribution in [-0.4, -0.2) is 16.6 Å². The summed E-state index contributed by atoms with van der Waals surface area (Å²) in [6, 6.07) is 8.18. The Labute approximate surface area is 111 Å². The summed E-state index contributed by atoms with van der Waals surface area (Å²) in [4.78, 5) is 8.14. The van der Waals surface area contributed by atoms with E-state index in [0.717, 1.165) is 11.3 Å². The molecule has 0 saturated heterocycles. The van der Waals surface area contributed by atoms with Crippen molar-refractivity contribution in [3.63, 3.8) is 0 Å². The Morgan fingerprint density at radius 1 is 1.26 bits per heavy atom. The zero-order valence-electron chi connectivity index (χ0n) is 10.6. The lowest BCUT2D eigenvalue weighted by Gasteiger charge is -2.04. The molecule has 0 aliphatic rings. The number of nitrogens with zero attached hydrogens (tertiary/aromatic N) is 2. The summed E-state index contributed by atoms with van der Waals surface area (Å²) >= 11 is 0. The van der Waals surface area contributed by atoms with E-state index in [2.05, 4.69) is 21.8 Å². The molecule has 0 fully saturated rings. The van der Waals surface area contributed by atoms with Gasteiger partial charge in [-0.05, 0) is 24.6 Å². The van der Waals surface area contributed by atoms with Crippen molar-refractivity contribution in [1.29, 1.82) is 0 Å². The van der Waals surface area contributed by atoms with Crippen molar-refractivity contribution in [3.05, 3.63) is 53.7 Å². The predicted molar refractivity (Wildman–Crippen MR) is 70.2 cm³/mol. The van der Waals surface area contributed by atoms with E-state index in [0.29, 0.717) is 18.9 Å². The first kappa shape index (κ1) is 13.0. The summed E-state index contributed by atoms with van der Waals surface area (Å²) in [5, 5.41) is 0. The zero-order valence-corrected chi connectivity index (χ0v) is 10.6. The van der Waals surface area contributed by atoms with Crippen LogP contribution in [0, 0.1) is 17.7 Å². The van der Waals surface area contributed by atoms with E-state index in [9.17, 15) is 4.39 Å². The monoisotopic (exact) mass is 256 g/mol. The highest BCUT2D eigenvalue weighted by molar-refractivity contribution is 5.24. The van der Waals surface area contributed by atoms with Crippen molar-refractivity contribution in [1.82, 2.24) is 9.97 Å². The molecular weight excluding hydrogens is 243 g/mol. The Balaban J connectivity index is 2.07. The first-order valence-corrected chi connectivity index (χ1v) is 5.85. The Bertz CT molecular complexity index is 617. The van der Waals surface area contributed by atoms with Crippen LogP contribution < -0.4 is 4.74 Å². The molecule has 2 rings (SSSR count). The molecule has 3 nitrogen and oxygen atoms in total. The molecule has 1 aromatic carbocycles. The van der Waals surface area contributed by atoms with Crippen LogP contribution in [0.25, 0.3) is 0 Å². The maximum Gasteiger partial charge on any atom is 0.217 e. The highest BCUT2D eigenvalue weighted by Crippen LogP contribution is 2.12. The summed E-state index contributed by atoms with van der Waals surface area (Å²) in [6.45, 7) is 2.05. The Morgan fingerprint density at radius 3 is 2.95 bits per heavy atom. The third kappa shape index (κ3) is 4.07. The lowest BCUT2D eigenvalue weighted by molar-refractivity contribution is 0.354. The van der Waals surface area contributed by atoms with Gasteiger partial charge in [0, 0.05) is 12.5 Å². The highest BCUT2D eigenvalue weighted by atomic mass is 19.1. The van der Waals surface area contributed by atoms with Crippen molar-refractivity contribution in [3.8, 4) is 17.7 Å². The van der Waals surface area contributed by atoms with Crippen LogP contribution in [0.2, 0.25) is 0 Å². The van der Waals surface area contributed by atoms with Gasteiger partial charge in [-0.15, -0.1) is 5.92 Å². The fraction of sp³-hybridized carbons (Fsp3) is 0.200. The summed E-state index contributed by atoms with van der Waals surface area (Å²) in [5.74, 6) is 5.76. The number of halogens is 1. The molecule has 0 unspecified atom stereocenters. The third-order valence-corrected chi connectivity index (χ3v) is 2.44. The second-order valence-electron chi connectivity index (χ2n) is 3.87. The van der Waals surface area contributed by atoms with Gasteiger partial charge >= 0.3 is 0 Å². The average Bonchev–Trinajstić information content (AvgIpc) is 2.39. The smallest absolute Gasteiger partial charge is 0.217 e. The lowest BCUT2D eigenvalue weighted by atomic mass is 10.1. The number of aromatic nitrogens is 2. The van der Waals surface area contributed by atoms with Crippen molar-refractivity contribution >= 4 is 0 Å². The summed E-state index contributed by atoms with van der Waals surface area (Å²) < 4.78 is 18.4. The minimum atomic E-state index is -0.249. The normalized spacial score (nSPS) is 9.58. The molecule has 2 aromatic rings. The molecule has 0 radical (unpaired) electrons. The molecule has 0 atom stereocenters. The molecule has 0 bridgehead atoms. The van der Waals surface area contributed by atoms with Crippen molar-refractivity contribution in [2.45, 2.75) is 13.3 Å². The topological polar surface area (TPSA) is 35.0 Å². The quantitative estimate of drug-likeness (QED) is 0.789. The van der Waals surface area contributed by atoms with Crippen molar-refractivity contribution in [2.75, 3.05) is 6.61 Å². The van der Waals surface area contributed by atoms with Crippen LogP contribution in [0.3, 0.4) is 0 Å². The molecule has 0 spiro atoms. The molecule has 0 amide bonds. The second-order valence-corrected chi connectivity index (χ2v) is 3.87. The van der Waals surface area contributed by atoms with Crippen molar-refractivity contribution in [2.24, 2.45) is 0 Å². The minimum Gasteiger partial charge on any atom is -0.464 e. The minimum absolute atomic E-state index is 0.249. The molecule has 0 aliphatic carbocycles. The van der Waals surface area contributed by atoms with Gasteiger partial charge in [0.1, 0.15) is 12.1 Å². The van der Waals surface area contributed by atoms with Crippen LogP contribution in [0.4, 0.5) is 4.39 Å². The van der Waals surface area contributed by atoms with Gasteiger partial charge in [0.15, 0.2) is 6.61 Å². The molecular formula is C15H13FN2O. The standard InChI is InChI=1S/C15H13FN2O/c1-2-3-7-19-15-10-14(17-11-18-15)9-12-5-4-6-13(16)8-12/h4-6,8,10-11H,7,9H2,1H3. The number of ether oxygens (including phenoxy) is 1. The number of rotatable bonds is 4. The second kappa shape index (κ2) is 6.50. The highest BCUT2D eigenvalue weighted by Gasteiger charge is 2.02. The van der Waals surface area contributed by atoms with Gasteiger partial charge in [-0.1, -0.05) is 18.1 Å². The maximum atomic E-state index is 13.1. The number of hydrogen-bond acceptors (Lipinski definition) is 3. The molecule has 4 heteroatoms. The number of hydrogen-bond donors (Lipinski definition) is 0. The number of benzene rings is 1. The first-order chi connectivity index (χ1) is 9.28. The molecule has 19 heavy (non-hydrogen) atoms. The van der Waals surface area contributed by atoms with Crippen LogP contribution in [0.1, 0.15) is 18.2 Å². The molecule has 0 N–H and O–H groups in total. The van der Waals surface area contributed by atoms with E-state index in [1.807, 2.05) is 6.07 Å². The Morgan fingerprint density at radius 2 is 2.16 bits per heavy atom. The molecule has 96 valence electrons. The summed E-state index contributed by atoms with van der Waals surface area (Å²) in [7, 11) is 0. The van der Waals surface area contributed by atoms with E-state index in [-0.39, 0.29) is 5.82 Å². The fourth-order valence-electron chi connectivity index (χ4n) is 1.59. The van der Waals surface area contributed by atoms with Gasteiger partial charge in [0.25, 0.3) is 0 Å². The maximum absolute atomic E-state index is 13.1. The van der Waals surface area contributed by atoms with Gasteiger partial charge < -0.3 is 4.74 Å². The lowest BCUT2D eigenvalue weighted by Crippen LogP contribution is -1.99. The van der Waals surface area contributed by atoms with Gasteiger partial charge in [0.05, 0.1) is 5.69 Å². The Hall–Kier alpha value is -2.41. The average molecular weight is 256 g/mol. The SMILES string of the molecule is CC#CCOc1cc(Cc2cccc(F)c2)ncn1. The Kier molecular flexibility index (Phi) is 4.46. The third-order valence-electron chi connectivity index (χ3n) is 2.44. The van der Waals surface area contributed by atoms with Crippen LogP contribution in [0.15, 0.2) is 36.7 Å². The van der Waals surface area contributed by atoms with Gasteiger partial charge in [-0.25, -0.2) is 14.4 Å². The van der Waals surface area contributed by atoms with E-state index >= 15 is 0 Å². The summed E-state index contributed by atoms with van der Waals surface area (Å²) in [6.07, 6.45) is 1.97. The fourth-order valence-corrected chi connectivity index (χ4v) is 1.59. The van der Waals surface area contributed by atoms with E-state index < -0.39 is 0 Å². The van der Waals surface area contributed by atoms with E-state index in [4.69, 9.17) is 4.74 Å². The molecule has 1 heterocycles. The van der Waals surface area contributed by atoms with Crippen LogP contribution in [-0.2, 0) is 6.42 Å². The van der Waals surface area contributed by atoms with E-state index in [1.165, 1.54) is 18.5 Å². The molecule has 0 aliphatic heterocycles. The largest absolute Gasteiger partial charge is 0.464 e. The van der Waals surface area contributed by atoms with Crippen LogP contribution >= 0.6 is 0 Å². The van der Waals surface area contributed by atoms with Crippen molar-refractivity contribution < 1.29 is 9.13 Å². The van der Waals surface area contributed by atoms with Crippen LogP contribution in [0.5, 0.6) is 5.88 Å².